The molecule has 0 aliphatic heterocycles. The van der Waals surface area contributed by atoms with Crippen molar-refractivity contribution in [3.63, 3.8) is 0 Å². The lowest BCUT2D eigenvalue weighted by Gasteiger charge is -2.28. The zero-order valence-corrected chi connectivity index (χ0v) is 11.9. The molecule has 0 aromatic carbocycles. The van der Waals surface area contributed by atoms with E-state index in [4.69, 9.17) is 18.9 Å². The number of nitrogens with one attached hydrogen (secondary N) is 1. The van der Waals surface area contributed by atoms with Crippen LogP contribution in [0.1, 0.15) is 40.5 Å². The third-order valence-corrected chi connectivity index (χ3v) is 2.49. The summed E-state index contributed by atoms with van der Waals surface area (Å²) in [5, 5.41) is 3.28. The molecular weight excluding hydrogens is 222 g/mol. The van der Waals surface area contributed by atoms with Gasteiger partial charge in [0.15, 0.2) is 12.6 Å². The van der Waals surface area contributed by atoms with Crippen LogP contribution in [0.5, 0.6) is 0 Å². The van der Waals surface area contributed by atoms with Gasteiger partial charge in [0.25, 0.3) is 0 Å². The van der Waals surface area contributed by atoms with Crippen LogP contribution in [0.15, 0.2) is 0 Å². The fourth-order valence-electron chi connectivity index (χ4n) is 1.29. The van der Waals surface area contributed by atoms with Gasteiger partial charge in [0.05, 0.1) is 0 Å². The van der Waals surface area contributed by atoms with Crippen molar-refractivity contribution >= 4 is 0 Å². The van der Waals surface area contributed by atoms with Crippen LogP contribution in [0.25, 0.3) is 0 Å². The largest absolute Gasteiger partial charge is 0.356 e. The summed E-state index contributed by atoms with van der Waals surface area (Å²) in [7, 11) is 3.25. The minimum atomic E-state index is -0.232. The Labute approximate surface area is 105 Å². The van der Waals surface area contributed by atoms with E-state index in [1.165, 1.54) is 0 Å². The Balaban J connectivity index is 4.11. The highest BCUT2D eigenvalue weighted by Gasteiger charge is 2.17. The number of ether oxygens (including phenoxy) is 4. The smallest absolute Gasteiger partial charge is 0.156 e. The number of rotatable bonds is 10. The van der Waals surface area contributed by atoms with Gasteiger partial charge >= 0.3 is 0 Å². The minimum Gasteiger partial charge on any atom is -0.356 e. The molecule has 4 unspecified atom stereocenters. The maximum Gasteiger partial charge on any atom is 0.156 e. The van der Waals surface area contributed by atoms with Crippen LogP contribution in [0, 0.1) is 0 Å². The van der Waals surface area contributed by atoms with Crippen LogP contribution < -0.4 is 5.32 Å². The predicted molar refractivity (Wildman–Crippen MR) is 66.4 cm³/mol. The fourth-order valence-corrected chi connectivity index (χ4v) is 1.29. The molecule has 0 bridgehead atoms. The van der Waals surface area contributed by atoms with Gasteiger partial charge in [-0.15, -0.1) is 0 Å². The first kappa shape index (κ1) is 16.8. The summed E-state index contributed by atoms with van der Waals surface area (Å²) in [5.74, 6) is 0. The average molecular weight is 249 g/mol. The van der Waals surface area contributed by atoms with E-state index in [0.717, 1.165) is 12.8 Å². The molecule has 0 amide bonds. The van der Waals surface area contributed by atoms with Crippen LogP contribution >= 0.6 is 0 Å². The van der Waals surface area contributed by atoms with Crippen LogP contribution in [0.3, 0.4) is 0 Å². The second-order valence-corrected chi connectivity index (χ2v) is 3.84. The standard InChI is InChI=1S/C12H27NO4/c1-7-11(16-9(3)14-5)13-12(8-2)17-10(4)15-6/h9-13H,7-8H2,1-6H3. The summed E-state index contributed by atoms with van der Waals surface area (Å²) >= 11 is 0. The highest BCUT2D eigenvalue weighted by molar-refractivity contribution is 4.59. The van der Waals surface area contributed by atoms with Gasteiger partial charge in [0, 0.05) is 14.2 Å². The second-order valence-electron chi connectivity index (χ2n) is 3.84. The molecule has 0 aliphatic carbocycles. The Bertz CT molecular complexity index is 162. The highest BCUT2D eigenvalue weighted by atomic mass is 16.7. The normalized spacial score (nSPS) is 18.7. The van der Waals surface area contributed by atoms with Crippen molar-refractivity contribution in [3.8, 4) is 0 Å². The van der Waals surface area contributed by atoms with Gasteiger partial charge in [-0.25, -0.2) is 0 Å². The molecule has 104 valence electrons. The van der Waals surface area contributed by atoms with E-state index in [9.17, 15) is 0 Å². The number of methoxy groups -OCH3 is 2. The summed E-state index contributed by atoms with van der Waals surface area (Å²) in [6.45, 7) is 7.83. The maximum atomic E-state index is 5.64. The van der Waals surface area contributed by atoms with Gasteiger partial charge in [-0.1, -0.05) is 13.8 Å². The Hall–Kier alpha value is -0.200. The van der Waals surface area contributed by atoms with Crippen molar-refractivity contribution in [3.05, 3.63) is 0 Å². The van der Waals surface area contributed by atoms with Crippen molar-refractivity contribution in [1.82, 2.24) is 5.32 Å². The molecule has 17 heavy (non-hydrogen) atoms. The summed E-state index contributed by atoms with van der Waals surface area (Å²) in [5.41, 5.74) is 0. The number of hydrogen-bond donors (Lipinski definition) is 1. The zero-order valence-electron chi connectivity index (χ0n) is 11.9. The third kappa shape index (κ3) is 7.68. The fraction of sp³-hybridized carbons (Fsp3) is 1.00. The Morgan fingerprint density at radius 2 is 1.18 bits per heavy atom. The van der Waals surface area contributed by atoms with Crippen molar-refractivity contribution in [2.75, 3.05) is 14.2 Å². The molecule has 0 saturated carbocycles. The Morgan fingerprint density at radius 3 is 1.41 bits per heavy atom. The first-order valence-electron chi connectivity index (χ1n) is 6.19. The summed E-state index contributed by atoms with van der Waals surface area (Å²) in [6.07, 6.45) is 1.05. The minimum absolute atomic E-state index is 0.0843. The summed E-state index contributed by atoms with van der Waals surface area (Å²) in [4.78, 5) is 0. The molecular formula is C12H27NO4. The molecule has 0 rings (SSSR count). The van der Waals surface area contributed by atoms with Gasteiger partial charge in [0.2, 0.25) is 0 Å². The zero-order chi connectivity index (χ0) is 13.3. The lowest BCUT2D eigenvalue weighted by Crippen LogP contribution is -2.44. The molecule has 1 N–H and O–H groups in total. The molecule has 0 aliphatic rings. The Morgan fingerprint density at radius 1 is 0.824 bits per heavy atom. The van der Waals surface area contributed by atoms with Crippen molar-refractivity contribution in [1.29, 1.82) is 0 Å². The Kier molecular flexibility index (Phi) is 9.68. The predicted octanol–water partition coefficient (Wildman–Crippen LogP) is 2.07. The van der Waals surface area contributed by atoms with Gasteiger partial charge in [-0.2, -0.15) is 0 Å². The van der Waals surface area contributed by atoms with Crippen LogP contribution in [0.4, 0.5) is 0 Å². The third-order valence-electron chi connectivity index (χ3n) is 2.49. The molecule has 5 nitrogen and oxygen atoms in total. The average Bonchev–Trinajstić information content (AvgIpc) is 2.36. The van der Waals surface area contributed by atoms with E-state index in [-0.39, 0.29) is 25.0 Å². The van der Waals surface area contributed by atoms with E-state index in [0.29, 0.717) is 0 Å². The summed E-state index contributed by atoms with van der Waals surface area (Å²) < 4.78 is 21.4. The van der Waals surface area contributed by atoms with E-state index >= 15 is 0 Å². The quantitative estimate of drug-likeness (QED) is 0.601. The van der Waals surface area contributed by atoms with Gasteiger partial charge < -0.3 is 18.9 Å². The monoisotopic (exact) mass is 249 g/mol. The number of hydrogen-bond acceptors (Lipinski definition) is 5. The molecule has 0 saturated heterocycles. The van der Waals surface area contributed by atoms with Gasteiger partial charge in [-0.3, -0.25) is 5.32 Å². The molecule has 0 heterocycles. The first-order chi connectivity index (χ1) is 8.07. The van der Waals surface area contributed by atoms with Crippen molar-refractivity contribution in [2.45, 2.75) is 65.6 Å². The topological polar surface area (TPSA) is 49.0 Å². The van der Waals surface area contributed by atoms with Gasteiger partial charge in [0.1, 0.15) is 12.5 Å². The second kappa shape index (κ2) is 9.79. The highest BCUT2D eigenvalue weighted by Crippen LogP contribution is 2.06. The van der Waals surface area contributed by atoms with Crippen LogP contribution in [-0.2, 0) is 18.9 Å². The molecule has 0 aromatic heterocycles. The van der Waals surface area contributed by atoms with Crippen LogP contribution in [-0.4, -0.2) is 39.3 Å². The molecule has 0 radical (unpaired) electrons. The SMILES string of the molecule is CCC(NC(CC)OC(C)OC)OC(C)OC. The molecule has 0 fully saturated rings. The molecule has 0 aromatic rings. The van der Waals surface area contributed by atoms with E-state index in [1.807, 2.05) is 27.7 Å². The molecule has 4 atom stereocenters. The van der Waals surface area contributed by atoms with Crippen LogP contribution in [0.2, 0.25) is 0 Å². The van der Waals surface area contributed by atoms with Crippen molar-refractivity contribution in [2.24, 2.45) is 0 Å². The molecule has 0 spiro atoms. The maximum absolute atomic E-state index is 5.64. The first-order valence-corrected chi connectivity index (χ1v) is 6.19. The van der Waals surface area contributed by atoms with E-state index in [1.54, 1.807) is 14.2 Å². The lowest BCUT2D eigenvalue weighted by atomic mass is 10.3. The lowest BCUT2D eigenvalue weighted by molar-refractivity contribution is -0.192. The molecule has 5 heteroatoms. The van der Waals surface area contributed by atoms with E-state index < -0.39 is 0 Å². The summed E-state index contributed by atoms with van der Waals surface area (Å²) in [6, 6.07) is 0. The van der Waals surface area contributed by atoms with Gasteiger partial charge in [-0.05, 0) is 26.7 Å². The van der Waals surface area contributed by atoms with Crippen molar-refractivity contribution < 1.29 is 18.9 Å². The van der Waals surface area contributed by atoms with E-state index in [2.05, 4.69) is 5.32 Å².